The molecule has 0 fully saturated rings. The minimum atomic E-state index is -1.14. The van der Waals surface area contributed by atoms with Gasteiger partial charge in [0.25, 0.3) is 0 Å². The van der Waals surface area contributed by atoms with E-state index in [0.29, 0.717) is 17.1 Å². The highest BCUT2D eigenvalue weighted by Gasteiger charge is 2.08. The number of rotatable bonds is 4. The molecule has 0 atom stereocenters. The molecule has 0 bridgehead atoms. The van der Waals surface area contributed by atoms with Gasteiger partial charge in [-0.25, -0.2) is 9.18 Å². The predicted molar refractivity (Wildman–Crippen MR) is 67.8 cm³/mol. The zero-order valence-electron chi connectivity index (χ0n) is 9.76. The van der Waals surface area contributed by atoms with Gasteiger partial charge in [0, 0.05) is 0 Å². The van der Waals surface area contributed by atoms with Gasteiger partial charge in [-0.3, -0.25) is 9.67 Å². The summed E-state index contributed by atoms with van der Waals surface area (Å²) in [5.41, 5.74) is 0.843. The Morgan fingerprint density at radius 2 is 2.16 bits per heavy atom. The molecule has 1 aromatic carbocycles. The van der Waals surface area contributed by atoms with Gasteiger partial charge in [0.2, 0.25) is 0 Å². The van der Waals surface area contributed by atoms with Gasteiger partial charge in [-0.1, -0.05) is 12.1 Å². The van der Waals surface area contributed by atoms with Crippen molar-refractivity contribution in [1.82, 2.24) is 20.1 Å². The van der Waals surface area contributed by atoms with Gasteiger partial charge in [0.15, 0.2) is 10.6 Å². The Labute approximate surface area is 112 Å². The first-order valence-electron chi connectivity index (χ1n) is 5.41. The van der Waals surface area contributed by atoms with Gasteiger partial charge >= 0.3 is 6.09 Å². The Bertz CT molecular complexity index is 635. The summed E-state index contributed by atoms with van der Waals surface area (Å²) < 4.78 is 14.8. The summed E-state index contributed by atoms with van der Waals surface area (Å²) in [5.74, 6) is 0.157. The van der Waals surface area contributed by atoms with Crippen molar-refractivity contribution in [3.05, 3.63) is 46.2 Å². The van der Waals surface area contributed by atoms with E-state index < -0.39 is 6.09 Å². The number of nitrogens with one attached hydrogen (secondary N) is 2. The summed E-state index contributed by atoms with van der Waals surface area (Å²) in [7, 11) is 0. The lowest BCUT2D eigenvalue weighted by Crippen LogP contribution is -2.22. The molecule has 19 heavy (non-hydrogen) atoms. The number of amides is 1. The summed E-state index contributed by atoms with van der Waals surface area (Å²) in [6.07, 6.45) is -1.14. The van der Waals surface area contributed by atoms with E-state index >= 15 is 0 Å². The standard InChI is InChI=1S/C11H11FN4O2S/c12-8-3-1-7(2-4-8)6-16-9(5-13-11(17)18)14-15-10(16)19/h1-4,13H,5-6H2,(H,15,19)(H,17,18). The van der Waals surface area contributed by atoms with Gasteiger partial charge in [-0.15, -0.1) is 0 Å². The van der Waals surface area contributed by atoms with E-state index in [4.69, 9.17) is 17.3 Å². The molecule has 0 aliphatic carbocycles. The van der Waals surface area contributed by atoms with Crippen molar-refractivity contribution in [1.29, 1.82) is 0 Å². The quantitative estimate of drug-likeness (QED) is 0.748. The number of carboxylic acid groups (broad SMARTS) is 1. The first-order chi connectivity index (χ1) is 9.06. The minimum absolute atomic E-state index is 0.0453. The monoisotopic (exact) mass is 282 g/mol. The molecule has 1 amide bonds. The smallest absolute Gasteiger partial charge is 0.405 e. The number of carbonyl (C=O) groups is 1. The molecule has 2 aromatic rings. The van der Waals surface area contributed by atoms with Gasteiger partial charge in [0.1, 0.15) is 5.82 Å². The van der Waals surface area contributed by atoms with Crippen LogP contribution < -0.4 is 5.32 Å². The summed E-state index contributed by atoms with van der Waals surface area (Å²) in [4.78, 5) is 10.5. The van der Waals surface area contributed by atoms with Crippen molar-refractivity contribution in [3.63, 3.8) is 0 Å². The Balaban J connectivity index is 2.19. The Morgan fingerprint density at radius 3 is 2.79 bits per heavy atom. The third-order valence-corrected chi connectivity index (χ3v) is 2.80. The molecule has 3 N–H and O–H groups in total. The lowest BCUT2D eigenvalue weighted by molar-refractivity contribution is 0.193. The molecule has 2 rings (SSSR count). The maximum Gasteiger partial charge on any atom is 0.405 e. The number of aromatic nitrogens is 3. The van der Waals surface area contributed by atoms with Gasteiger partial charge in [0.05, 0.1) is 13.1 Å². The number of hydrogen-bond donors (Lipinski definition) is 3. The van der Waals surface area contributed by atoms with Crippen molar-refractivity contribution in [2.45, 2.75) is 13.1 Å². The molecule has 1 aromatic heterocycles. The Kier molecular flexibility index (Phi) is 3.91. The molecule has 0 aliphatic heterocycles. The van der Waals surface area contributed by atoms with Crippen LogP contribution in [0.4, 0.5) is 9.18 Å². The molecular formula is C11H11FN4O2S. The number of hydrogen-bond acceptors (Lipinski definition) is 3. The molecular weight excluding hydrogens is 271 g/mol. The lowest BCUT2D eigenvalue weighted by atomic mass is 10.2. The first kappa shape index (κ1) is 13.2. The number of nitrogens with zero attached hydrogens (tertiary/aromatic N) is 2. The van der Waals surface area contributed by atoms with Crippen LogP contribution in [0.5, 0.6) is 0 Å². The van der Waals surface area contributed by atoms with Crippen molar-refractivity contribution in [2.24, 2.45) is 0 Å². The van der Waals surface area contributed by atoms with Gasteiger partial charge in [-0.05, 0) is 29.9 Å². The molecule has 0 saturated heterocycles. The summed E-state index contributed by atoms with van der Waals surface area (Å²) in [6, 6.07) is 5.99. The van der Waals surface area contributed by atoms with E-state index in [9.17, 15) is 9.18 Å². The number of aromatic amines is 1. The highest BCUT2D eigenvalue weighted by atomic mass is 32.1. The van der Waals surface area contributed by atoms with E-state index in [-0.39, 0.29) is 12.4 Å². The number of halogens is 1. The summed E-state index contributed by atoms with van der Waals surface area (Å²) in [5, 5.41) is 17.3. The van der Waals surface area contributed by atoms with E-state index in [1.54, 1.807) is 16.7 Å². The van der Waals surface area contributed by atoms with Crippen LogP contribution in [0.15, 0.2) is 24.3 Å². The van der Waals surface area contributed by atoms with Crippen LogP contribution in [-0.2, 0) is 13.1 Å². The molecule has 0 spiro atoms. The fourth-order valence-electron chi connectivity index (χ4n) is 1.58. The van der Waals surface area contributed by atoms with Crippen LogP contribution in [0, 0.1) is 10.6 Å². The van der Waals surface area contributed by atoms with Crippen LogP contribution in [0.1, 0.15) is 11.4 Å². The molecule has 8 heteroatoms. The molecule has 1 heterocycles. The van der Waals surface area contributed by atoms with E-state index in [2.05, 4.69) is 15.5 Å². The zero-order valence-corrected chi connectivity index (χ0v) is 10.6. The second-order valence-corrected chi connectivity index (χ2v) is 4.20. The maximum absolute atomic E-state index is 12.8. The predicted octanol–water partition coefficient (Wildman–Crippen LogP) is 1.90. The Hall–Kier alpha value is -2.22. The van der Waals surface area contributed by atoms with E-state index in [1.165, 1.54) is 12.1 Å². The largest absolute Gasteiger partial charge is 0.465 e. The lowest BCUT2D eigenvalue weighted by Gasteiger charge is -2.07. The number of H-pyrrole nitrogens is 1. The summed E-state index contributed by atoms with van der Waals surface area (Å²) >= 11 is 5.07. The van der Waals surface area contributed by atoms with E-state index in [0.717, 1.165) is 5.56 Å². The first-order valence-corrected chi connectivity index (χ1v) is 5.82. The molecule has 0 unspecified atom stereocenters. The highest BCUT2D eigenvalue weighted by molar-refractivity contribution is 7.71. The third-order valence-electron chi connectivity index (χ3n) is 2.49. The molecule has 0 radical (unpaired) electrons. The van der Waals surface area contributed by atoms with Crippen molar-refractivity contribution in [3.8, 4) is 0 Å². The topological polar surface area (TPSA) is 82.9 Å². The fraction of sp³-hybridized carbons (Fsp3) is 0.182. The van der Waals surface area contributed by atoms with Gasteiger partial charge in [-0.2, -0.15) is 5.10 Å². The zero-order chi connectivity index (χ0) is 13.8. The van der Waals surface area contributed by atoms with Crippen LogP contribution in [0.3, 0.4) is 0 Å². The molecule has 0 saturated carbocycles. The van der Waals surface area contributed by atoms with Crippen molar-refractivity contribution < 1.29 is 14.3 Å². The second-order valence-electron chi connectivity index (χ2n) is 3.82. The molecule has 100 valence electrons. The van der Waals surface area contributed by atoms with Gasteiger partial charge < -0.3 is 10.4 Å². The minimum Gasteiger partial charge on any atom is -0.465 e. The number of benzene rings is 1. The van der Waals surface area contributed by atoms with Crippen molar-refractivity contribution in [2.75, 3.05) is 0 Å². The second kappa shape index (κ2) is 5.61. The normalized spacial score (nSPS) is 10.4. The molecule has 0 aliphatic rings. The average Bonchev–Trinajstić information content (AvgIpc) is 2.71. The highest BCUT2D eigenvalue weighted by Crippen LogP contribution is 2.07. The van der Waals surface area contributed by atoms with E-state index in [1.807, 2.05) is 0 Å². The maximum atomic E-state index is 12.8. The van der Waals surface area contributed by atoms with Crippen LogP contribution >= 0.6 is 12.2 Å². The van der Waals surface area contributed by atoms with Crippen LogP contribution in [0.2, 0.25) is 0 Å². The average molecular weight is 282 g/mol. The fourth-order valence-corrected chi connectivity index (χ4v) is 1.79. The van der Waals surface area contributed by atoms with Crippen LogP contribution in [0.25, 0.3) is 0 Å². The molecule has 6 nitrogen and oxygen atoms in total. The SMILES string of the molecule is O=C(O)NCc1n[nH]c(=S)n1Cc1ccc(F)cc1. The van der Waals surface area contributed by atoms with Crippen molar-refractivity contribution >= 4 is 18.3 Å². The van der Waals surface area contributed by atoms with Crippen LogP contribution in [-0.4, -0.2) is 26.0 Å². The third kappa shape index (κ3) is 3.38. The summed E-state index contributed by atoms with van der Waals surface area (Å²) in [6.45, 7) is 0.440. The Morgan fingerprint density at radius 1 is 1.47 bits per heavy atom.